The van der Waals surface area contributed by atoms with Gasteiger partial charge in [-0.15, -0.1) is 5.10 Å². The van der Waals surface area contributed by atoms with Gasteiger partial charge in [0.05, 0.1) is 7.11 Å². The number of amides is 1. The summed E-state index contributed by atoms with van der Waals surface area (Å²) in [6, 6.07) is 22.5. The second-order valence-corrected chi connectivity index (χ2v) is 7.67. The van der Waals surface area contributed by atoms with Gasteiger partial charge >= 0.3 is 0 Å². The number of carbonyl (C=O) groups excluding carboxylic acids is 1. The zero-order valence-electron chi connectivity index (χ0n) is 16.6. The van der Waals surface area contributed by atoms with Gasteiger partial charge in [0, 0.05) is 11.3 Å². The van der Waals surface area contributed by atoms with Gasteiger partial charge in [0.1, 0.15) is 16.8 Å². The number of hydrogen-bond acceptors (Lipinski definition) is 5. The molecular weight excluding hydrogens is 415 g/mol. The Hall–Kier alpha value is -3.65. The summed E-state index contributed by atoms with van der Waals surface area (Å²) in [5.41, 5.74) is 2.18. The van der Waals surface area contributed by atoms with Crippen LogP contribution in [0.25, 0.3) is 11.4 Å². The lowest BCUT2D eigenvalue weighted by Crippen LogP contribution is -2.19. The van der Waals surface area contributed by atoms with Gasteiger partial charge in [-0.05, 0) is 54.1 Å². The highest BCUT2D eigenvalue weighted by atomic mass is 32.2. The number of nitrogens with one attached hydrogen (secondary N) is 2. The molecule has 8 heteroatoms. The lowest BCUT2D eigenvalue weighted by Gasteiger charge is -2.15. The number of nitrogens with zero attached hydrogens (tertiary/aromatic N) is 2. The third-order valence-corrected chi connectivity index (χ3v) is 5.62. The first kappa shape index (κ1) is 20.6. The quantitative estimate of drug-likeness (QED) is 0.396. The average Bonchev–Trinajstić information content (AvgIpc) is 3.28. The van der Waals surface area contributed by atoms with E-state index in [2.05, 4.69) is 20.5 Å². The van der Waals surface area contributed by atoms with E-state index >= 15 is 0 Å². The Kier molecular flexibility index (Phi) is 6.28. The first-order valence-electron chi connectivity index (χ1n) is 9.47. The molecule has 0 unspecified atom stereocenters. The molecule has 1 heterocycles. The van der Waals surface area contributed by atoms with Gasteiger partial charge in [0.2, 0.25) is 11.1 Å². The maximum Gasteiger partial charge on any atom is 0.242 e. The van der Waals surface area contributed by atoms with Crippen molar-refractivity contribution in [2.75, 3.05) is 12.4 Å². The van der Waals surface area contributed by atoms with Gasteiger partial charge in [0.25, 0.3) is 0 Å². The van der Waals surface area contributed by atoms with E-state index in [0.29, 0.717) is 16.7 Å². The van der Waals surface area contributed by atoms with Crippen molar-refractivity contribution < 1.29 is 13.9 Å². The molecule has 0 fully saturated rings. The van der Waals surface area contributed by atoms with Crippen LogP contribution in [0.5, 0.6) is 5.75 Å². The molecule has 3 aromatic carbocycles. The van der Waals surface area contributed by atoms with E-state index in [1.165, 1.54) is 36.0 Å². The molecule has 0 spiro atoms. The van der Waals surface area contributed by atoms with Gasteiger partial charge in [-0.3, -0.25) is 9.89 Å². The number of aromatic amines is 1. The Labute approximate surface area is 182 Å². The molecule has 1 amide bonds. The van der Waals surface area contributed by atoms with E-state index in [4.69, 9.17) is 4.74 Å². The summed E-state index contributed by atoms with van der Waals surface area (Å²) in [4.78, 5) is 17.6. The predicted octanol–water partition coefficient (Wildman–Crippen LogP) is 5.09. The van der Waals surface area contributed by atoms with Crippen molar-refractivity contribution in [3.8, 4) is 17.1 Å². The summed E-state index contributed by atoms with van der Waals surface area (Å²) in [6.07, 6.45) is 0. The smallest absolute Gasteiger partial charge is 0.242 e. The number of methoxy groups -OCH3 is 1. The normalized spacial score (nSPS) is 11.7. The van der Waals surface area contributed by atoms with Gasteiger partial charge in [-0.2, -0.15) is 0 Å². The van der Waals surface area contributed by atoms with Gasteiger partial charge in [-0.1, -0.05) is 42.1 Å². The van der Waals surface area contributed by atoms with Crippen LogP contribution in [0.15, 0.2) is 84.0 Å². The first-order chi connectivity index (χ1) is 15.1. The number of ether oxygens (including phenoxy) is 1. The SMILES string of the molecule is COc1ccc(-c2nc(S[C@@H](C(=O)Nc3ccc(F)cc3)c3ccccc3)n[nH]2)cc1. The van der Waals surface area contributed by atoms with Gasteiger partial charge < -0.3 is 10.1 Å². The summed E-state index contributed by atoms with van der Waals surface area (Å²) in [6.45, 7) is 0. The number of thioether (sulfide) groups is 1. The lowest BCUT2D eigenvalue weighted by molar-refractivity contribution is -0.115. The van der Waals surface area contributed by atoms with Crippen LogP contribution in [-0.4, -0.2) is 28.2 Å². The van der Waals surface area contributed by atoms with E-state index in [9.17, 15) is 9.18 Å². The van der Waals surface area contributed by atoms with Crippen molar-refractivity contribution in [1.82, 2.24) is 15.2 Å². The van der Waals surface area contributed by atoms with E-state index in [1.807, 2.05) is 54.6 Å². The molecular formula is C23H19FN4O2S. The zero-order valence-corrected chi connectivity index (χ0v) is 17.4. The van der Waals surface area contributed by atoms with Crippen molar-refractivity contribution in [2.45, 2.75) is 10.4 Å². The fraction of sp³-hybridized carbons (Fsp3) is 0.0870. The Bertz CT molecular complexity index is 1150. The van der Waals surface area contributed by atoms with Crippen LogP contribution >= 0.6 is 11.8 Å². The molecule has 0 radical (unpaired) electrons. The number of rotatable bonds is 7. The minimum atomic E-state index is -0.592. The summed E-state index contributed by atoms with van der Waals surface area (Å²) in [7, 11) is 1.61. The number of aromatic nitrogens is 3. The van der Waals surface area contributed by atoms with Crippen LogP contribution in [0, 0.1) is 5.82 Å². The molecule has 0 aliphatic carbocycles. The monoisotopic (exact) mass is 434 g/mol. The maximum atomic E-state index is 13.2. The van der Waals surface area contributed by atoms with Crippen molar-refractivity contribution in [3.63, 3.8) is 0 Å². The number of benzene rings is 3. The van der Waals surface area contributed by atoms with Crippen molar-refractivity contribution in [2.24, 2.45) is 0 Å². The van der Waals surface area contributed by atoms with Gasteiger partial charge in [-0.25, -0.2) is 9.37 Å². The number of carbonyl (C=O) groups is 1. The van der Waals surface area contributed by atoms with E-state index in [-0.39, 0.29) is 11.7 Å². The topological polar surface area (TPSA) is 79.9 Å². The number of H-pyrrole nitrogens is 1. The van der Waals surface area contributed by atoms with E-state index < -0.39 is 5.25 Å². The van der Waals surface area contributed by atoms with Crippen LogP contribution in [0.3, 0.4) is 0 Å². The van der Waals surface area contributed by atoms with Crippen LogP contribution in [-0.2, 0) is 4.79 Å². The highest BCUT2D eigenvalue weighted by Crippen LogP contribution is 2.35. The average molecular weight is 434 g/mol. The molecule has 2 N–H and O–H groups in total. The molecule has 31 heavy (non-hydrogen) atoms. The summed E-state index contributed by atoms with van der Waals surface area (Å²) in [5, 5.41) is 9.86. The van der Waals surface area contributed by atoms with Crippen molar-refractivity contribution in [3.05, 3.63) is 90.2 Å². The van der Waals surface area contributed by atoms with Crippen molar-refractivity contribution in [1.29, 1.82) is 0 Å². The number of anilines is 1. The Morgan fingerprint density at radius 2 is 1.74 bits per heavy atom. The molecule has 4 rings (SSSR count). The molecule has 1 aromatic heterocycles. The predicted molar refractivity (Wildman–Crippen MR) is 118 cm³/mol. The fourth-order valence-electron chi connectivity index (χ4n) is 2.92. The third-order valence-electron chi connectivity index (χ3n) is 4.50. The fourth-order valence-corrected chi connectivity index (χ4v) is 3.84. The summed E-state index contributed by atoms with van der Waals surface area (Å²) < 4.78 is 18.4. The molecule has 4 aromatic rings. The Morgan fingerprint density at radius 3 is 2.42 bits per heavy atom. The van der Waals surface area contributed by atoms with Crippen LogP contribution in [0.4, 0.5) is 10.1 Å². The number of hydrogen-bond donors (Lipinski definition) is 2. The summed E-state index contributed by atoms with van der Waals surface area (Å²) >= 11 is 1.23. The molecule has 0 aliphatic heterocycles. The van der Waals surface area contributed by atoms with E-state index in [0.717, 1.165) is 16.9 Å². The maximum absolute atomic E-state index is 13.2. The van der Waals surface area contributed by atoms with Crippen molar-refractivity contribution >= 4 is 23.4 Å². The minimum Gasteiger partial charge on any atom is -0.497 e. The molecule has 156 valence electrons. The second-order valence-electron chi connectivity index (χ2n) is 6.60. The first-order valence-corrected chi connectivity index (χ1v) is 10.4. The highest BCUT2D eigenvalue weighted by molar-refractivity contribution is 8.00. The molecule has 0 bridgehead atoms. The Balaban J connectivity index is 1.55. The lowest BCUT2D eigenvalue weighted by atomic mass is 10.1. The molecule has 1 atom stereocenters. The van der Waals surface area contributed by atoms with Crippen LogP contribution in [0.1, 0.15) is 10.8 Å². The second kappa shape index (κ2) is 9.44. The van der Waals surface area contributed by atoms with E-state index in [1.54, 1.807) is 7.11 Å². The molecule has 0 saturated heterocycles. The third kappa shape index (κ3) is 5.10. The standard InChI is InChI=1S/C23H19FN4O2S/c1-30-19-13-7-16(8-14-19)21-26-23(28-27-21)31-20(15-5-3-2-4-6-15)22(29)25-18-11-9-17(24)10-12-18/h2-14,20H,1H3,(H,25,29)(H,26,27,28)/t20-/m1/s1. The highest BCUT2D eigenvalue weighted by Gasteiger charge is 2.24. The molecule has 0 aliphatic rings. The van der Waals surface area contributed by atoms with Crippen LogP contribution in [0.2, 0.25) is 0 Å². The summed E-state index contributed by atoms with van der Waals surface area (Å²) in [5.74, 6) is 0.729. The molecule has 0 saturated carbocycles. The largest absolute Gasteiger partial charge is 0.497 e. The minimum absolute atomic E-state index is 0.251. The number of halogens is 1. The molecule has 6 nitrogen and oxygen atoms in total. The zero-order chi connectivity index (χ0) is 21.6. The Morgan fingerprint density at radius 1 is 1.03 bits per heavy atom. The van der Waals surface area contributed by atoms with Gasteiger partial charge in [0.15, 0.2) is 5.82 Å². The van der Waals surface area contributed by atoms with Crippen LogP contribution < -0.4 is 10.1 Å².